The number of nitrogens with one attached hydrogen (secondary N) is 1. The number of anilines is 1. The molecule has 14 heavy (non-hydrogen) atoms. The summed E-state index contributed by atoms with van der Waals surface area (Å²) in [6.07, 6.45) is 0. The number of hydrogen-bond donors (Lipinski definition) is 2. The van der Waals surface area contributed by atoms with Crippen molar-refractivity contribution in [2.45, 2.75) is 0 Å². The second kappa shape index (κ2) is 3.73. The summed E-state index contributed by atoms with van der Waals surface area (Å²) in [6.45, 7) is 0. The lowest BCUT2D eigenvalue weighted by atomic mass is 10.1. The van der Waals surface area contributed by atoms with E-state index >= 15 is 0 Å². The number of nitrogens with two attached hydrogens (primary N) is 1. The third-order valence-corrected chi connectivity index (χ3v) is 1.71. The number of rotatable bonds is 2. The van der Waals surface area contributed by atoms with E-state index in [1.54, 1.807) is 0 Å². The zero-order valence-corrected chi connectivity index (χ0v) is 7.48. The summed E-state index contributed by atoms with van der Waals surface area (Å²) >= 11 is 0. The van der Waals surface area contributed by atoms with Gasteiger partial charge in [0.25, 0.3) is 11.6 Å². The second-order valence-electron chi connectivity index (χ2n) is 2.61. The van der Waals surface area contributed by atoms with Gasteiger partial charge in [-0.3, -0.25) is 14.9 Å². The molecule has 1 aromatic rings. The van der Waals surface area contributed by atoms with E-state index in [0.29, 0.717) is 5.56 Å². The summed E-state index contributed by atoms with van der Waals surface area (Å²) in [5.41, 5.74) is 5.48. The Kier molecular flexibility index (Phi) is 2.66. The molecule has 0 aliphatic heterocycles. The molecular weight excluding hydrogens is 186 g/mol. The van der Waals surface area contributed by atoms with Crippen molar-refractivity contribution in [1.82, 2.24) is 5.32 Å². The maximum Gasteiger partial charge on any atom is 0.292 e. The van der Waals surface area contributed by atoms with Crippen molar-refractivity contribution in [2.75, 3.05) is 12.8 Å². The van der Waals surface area contributed by atoms with Crippen LogP contribution in [0.4, 0.5) is 11.4 Å². The SMILES string of the molecule is CNC(=O)c1ccc([N+](=O)[O-])c(N)c1. The summed E-state index contributed by atoms with van der Waals surface area (Å²) in [5, 5.41) is 12.8. The number of carbonyl (C=O) groups excluding carboxylic acids is 1. The summed E-state index contributed by atoms with van der Waals surface area (Å²) in [4.78, 5) is 20.9. The van der Waals surface area contributed by atoms with E-state index in [9.17, 15) is 14.9 Å². The van der Waals surface area contributed by atoms with Crippen molar-refractivity contribution in [2.24, 2.45) is 0 Å². The van der Waals surface area contributed by atoms with Crippen LogP contribution in [0, 0.1) is 10.1 Å². The molecule has 0 aromatic heterocycles. The van der Waals surface area contributed by atoms with Crippen LogP contribution >= 0.6 is 0 Å². The molecule has 0 saturated carbocycles. The van der Waals surface area contributed by atoms with Crippen molar-refractivity contribution in [1.29, 1.82) is 0 Å². The van der Waals surface area contributed by atoms with Gasteiger partial charge in [0.15, 0.2) is 0 Å². The van der Waals surface area contributed by atoms with Gasteiger partial charge in [-0.25, -0.2) is 0 Å². The average molecular weight is 195 g/mol. The first-order valence-electron chi connectivity index (χ1n) is 3.82. The smallest absolute Gasteiger partial charge is 0.292 e. The van der Waals surface area contributed by atoms with Crippen molar-refractivity contribution in [3.63, 3.8) is 0 Å². The van der Waals surface area contributed by atoms with Crippen LogP contribution in [-0.4, -0.2) is 17.9 Å². The Morgan fingerprint density at radius 3 is 2.64 bits per heavy atom. The summed E-state index contributed by atoms with van der Waals surface area (Å²) in [5.74, 6) is -0.327. The molecule has 6 nitrogen and oxygen atoms in total. The quantitative estimate of drug-likeness (QED) is 0.408. The van der Waals surface area contributed by atoms with Crippen LogP contribution in [-0.2, 0) is 0 Å². The fourth-order valence-electron chi connectivity index (χ4n) is 1.01. The highest BCUT2D eigenvalue weighted by atomic mass is 16.6. The summed E-state index contributed by atoms with van der Waals surface area (Å²) < 4.78 is 0. The maximum atomic E-state index is 11.1. The average Bonchev–Trinajstić information content (AvgIpc) is 2.15. The number of amides is 1. The van der Waals surface area contributed by atoms with Gasteiger partial charge in [-0.15, -0.1) is 0 Å². The van der Waals surface area contributed by atoms with Gasteiger partial charge in [0.2, 0.25) is 0 Å². The summed E-state index contributed by atoms with van der Waals surface area (Å²) in [6, 6.07) is 3.84. The van der Waals surface area contributed by atoms with Crippen LogP contribution in [0.15, 0.2) is 18.2 Å². The van der Waals surface area contributed by atoms with E-state index < -0.39 is 4.92 Å². The predicted octanol–water partition coefficient (Wildman–Crippen LogP) is 0.537. The largest absolute Gasteiger partial charge is 0.393 e. The van der Waals surface area contributed by atoms with Crippen LogP contribution in [0.3, 0.4) is 0 Å². The number of nitrogens with zero attached hydrogens (tertiary/aromatic N) is 1. The van der Waals surface area contributed by atoms with Crippen molar-refractivity contribution < 1.29 is 9.72 Å². The third-order valence-electron chi connectivity index (χ3n) is 1.71. The van der Waals surface area contributed by atoms with Crippen LogP contribution in [0.1, 0.15) is 10.4 Å². The first-order valence-corrected chi connectivity index (χ1v) is 3.82. The molecule has 0 unspecified atom stereocenters. The topological polar surface area (TPSA) is 98.3 Å². The van der Waals surface area contributed by atoms with Gasteiger partial charge >= 0.3 is 0 Å². The molecule has 6 heteroatoms. The fraction of sp³-hybridized carbons (Fsp3) is 0.125. The van der Waals surface area contributed by atoms with Gasteiger partial charge in [0.05, 0.1) is 4.92 Å². The van der Waals surface area contributed by atoms with Crippen LogP contribution in [0.25, 0.3) is 0 Å². The van der Waals surface area contributed by atoms with Crippen LogP contribution < -0.4 is 11.1 Å². The molecule has 0 spiro atoms. The van der Waals surface area contributed by atoms with Crippen molar-refractivity contribution >= 4 is 17.3 Å². The van der Waals surface area contributed by atoms with Gasteiger partial charge < -0.3 is 11.1 Å². The third kappa shape index (κ3) is 1.79. The highest BCUT2D eigenvalue weighted by molar-refractivity contribution is 5.95. The Morgan fingerprint density at radius 1 is 1.57 bits per heavy atom. The van der Waals surface area contributed by atoms with Gasteiger partial charge in [0, 0.05) is 18.7 Å². The molecule has 0 fully saturated rings. The molecule has 0 heterocycles. The molecule has 0 aliphatic rings. The lowest BCUT2D eigenvalue weighted by Crippen LogP contribution is -2.17. The lowest BCUT2D eigenvalue weighted by molar-refractivity contribution is -0.383. The number of carbonyl (C=O) groups is 1. The molecule has 0 saturated heterocycles. The first kappa shape index (κ1) is 9.97. The minimum atomic E-state index is -0.594. The Balaban J connectivity index is 3.12. The highest BCUT2D eigenvalue weighted by Gasteiger charge is 2.13. The van der Waals surface area contributed by atoms with E-state index in [1.807, 2.05) is 0 Å². The molecule has 0 aliphatic carbocycles. The number of nitro benzene ring substituents is 1. The van der Waals surface area contributed by atoms with E-state index in [2.05, 4.69) is 5.32 Å². The van der Waals surface area contributed by atoms with Crippen LogP contribution in [0.5, 0.6) is 0 Å². The van der Waals surface area contributed by atoms with Crippen molar-refractivity contribution in [3.05, 3.63) is 33.9 Å². The summed E-state index contributed by atoms with van der Waals surface area (Å²) in [7, 11) is 1.47. The molecule has 1 aromatic carbocycles. The van der Waals surface area contributed by atoms with Gasteiger partial charge in [-0.05, 0) is 12.1 Å². The lowest BCUT2D eigenvalue weighted by Gasteiger charge is -2.01. The zero-order valence-electron chi connectivity index (χ0n) is 7.48. The van der Waals surface area contributed by atoms with E-state index in [0.717, 1.165) is 0 Å². The zero-order chi connectivity index (χ0) is 10.7. The van der Waals surface area contributed by atoms with Crippen molar-refractivity contribution in [3.8, 4) is 0 Å². The molecule has 74 valence electrons. The number of nitrogen functional groups attached to an aromatic ring is 1. The molecule has 0 radical (unpaired) electrons. The van der Waals surface area contributed by atoms with E-state index in [4.69, 9.17) is 5.73 Å². The maximum absolute atomic E-state index is 11.1. The molecular formula is C8H9N3O3. The van der Waals surface area contributed by atoms with Gasteiger partial charge in [-0.2, -0.15) is 0 Å². The second-order valence-corrected chi connectivity index (χ2v) is 2.61. The molecule has 0 bridgehead atoms. The van der Waals surface area contributed by atoms with E-state index in [-0.39, 0.29) is 17.3 Å². The van der Waals surface area contributed by atoms with Crippen LogP contribution in [0.2, 0.25) is 0 Å². The van der Waals surface area contributed by atoms with E-state index in [1.165, 1.54) is 25.2 Å². The Bertz CT molecular complexity index is 389. The Labute approximate surface area is 79.9 Å². The highest BCUT2D eigenvalue weighted by Crippen LogP contribution is 2.21. The molecule has 1 rings (SSSR count). The normalized spacial score (nSPS) is 9.50. The Hall–Kier alpha value is -2.11. The number of benzene rings is 1. The fourth-order valence-corrected chi connectivity index (χ4v) is 1.01. The molecule has 1 amide bonds. The first-order chi connectivity index (χ1) is 6.56. The minimum Gasteiger partial charge on any atom is -0.393 e. The Morgan fingerprint density at radius 2 is 2.21 bits per heavy atom. The predicted molar refractivity (Wildman–Crippen MR) is 50.9 cm³/mol. The number of hydrogen-bond acceptors (Lipinski definition) is 4. The number of nitro groups is 1. The standard InChI is InChI=1S/C8H9N3O3/c1-10-8(12)5-2-3-7(11(13)14)6(9)4-5/h2-4H,9H2,1H3,(H,10,12). The minimum absolute atomic E-state index is 0.0175. The molecule has 0 atom stereocenters. The van der Waals surface area contributed by atoms with Gasteiger partial charge in [-0.1, -0.05) is 0 Å². The monoisotopic (exact) mass is 195 g/mol. The molecule has 3 N–H and O–H groups in total. The van der Waals surface area contributed by atoms with Gasteiger partial charge in [0.1, 0.15) is 5.69 Å².